The summed E-state index contributed by atoms with van der Waals surface area (Å²) in [6, 6.07) is 10.7. The fourth-order valence-electron chi connectivity index (χ4n) is 1.75. The molecule has 0 radical (unpaired) electrons. The largest absolute Gasteiger partial charge is 0.494 e. The Morgan fingerprint density at radius 2 is 2.10 bits per heavy atom. The van der Waals surface area contributed by atoms with Crippen LogP contribution in [-0.4, -0.2) is 18.1 Å². The summed E-state index contributed by atoms with van der Waals surface area (Å²) < 4.78 is 18.1. The number of hydrogen-bond acceptors (Lipinski definition) is 3. The van der Waals surface area contributed by atoms with E-state index in [2.05, 4.69) is 5.32 Å². The van der Waals surface area contributed by atoms with Crippen LogP contribution in [0.15, 0.2) is 42.5 Å². The molecular formula is C15H14FNO3. The second-order valence-electron chi connectivity index (χ2n) is 4.16. The van der Waals surface area contributed by atoms with Crippen molar-refractivity contribution in [2.75, 3.05) is 12.4 Å². The van der Waals surface area contributed by atoms with E-state index in [1.54, 1.807) is 24.3 Å². The second-order valence-corrected chi connectivity index (χ2v) is 4.16. The van der Waals surface area contributed by atoms with Crippen LogP contribution in [-0.2, 0) is 6.61 Å². The highest BCUT2D eigenvalue weighted by Crippen LogP contribution is 2.19. The lowest BCUT2D eigenvalue weighted by Crippen LogP contribution is -2.12. The summed E-state index contributed by atoms with van der Waals surface area (Å²) in [5.74, 6) is -0.883. The number of anilines is 1. The van der Waals surface area contributed by atoms with Gasteiger partial charge in [-0.25, -0.2) is 4.39 Å². The molecule has 2 rings (SSSR count). The first-order chi connectivity index (χ1) is 9.63. The fourth-order valence-corrected chi connectivity index (χ4v) is 1.75. The molecule has 0 aliphatic heterocycles. The van der Waals surface area contributed by atoms with E-state index < -0.39 is 5.82 Å². The summed E-state index contributed by atoms with van der Waals surface area (Å²) in [6.07, 6.45) is 0. The Morgan fingerprint density at radius 3 is 2.80 bits per heavy atom. The van der Waals surface area contributed by atoms with Gasteiger partial charge in [-0.05, 0) is 35.9 Å². The van der Waals surface area contributed by atoms with Crippen LogP contribution in [0.5, 0.6) is 5.75 Å². The summed E-state index contributed by atoms with van der Waals surface area (Å²) in [6.45, 7) is -0.103. The molecule has 0 unspecified atom stereocenters. The molecule has 104 valence electrons. The number of hydrogen-bond donors (Lipinski definition) is 2. The van der Waals surface area contributed by atoms with E-state index in [4.69, 9.17) is 9.84 Å². The van der Waals surface area contributed by atoms with Crippen LogP contribution < -0.4 is 10.1 Å². The summed E-state index contributed by atoms with van der Waals surface area (Å²) in [5, 5.41) is 11.7. The van der Waals surface area contributed by atoms with Gasteiger partial charge in [0.2, 0.25) is 0 Å². The van der Waals surface area contributed by atoms with E-state index in [1.165, 1.54) is 25.3 Å². The van der Waals surface area contributed by atoms with Gasteiger partial charge < -0.3 is 15.2 Å². The predicted octanol–water partition coefficient (Wildman–Crippen LogP) is 2.58. The van der Waals surface area contributed by atoms with Crippen molar-refractivity contribution >= 4 is 11.6 Å². The number of carbonyl (C=O) groups is 1. The van der Waals surface area contributed by atoms with Gasteiger partial charge in [0.05, 0.1) is 13.7 Å². The van der Waals surface area contributed by atoms with Gasteiger partial charge in [-0.1, -0.05) is 12.1 Å². The predicted molar refractivity (Wildman–Crippen MR) is 73.3 cm³/mol. The third-order valence-electron chi connectivity index (χ3n) is 2.78. The maximum Gasteiger partial charge on any atom is 0.255 e. The number of methoxy groups -OCH3 is 1. The molecule has 4 nitrogen and oxygen atoms in total. The number of rotatable bonds is 4. The fraction of sp³-hybridized carbons (Fsp3) is 0.133. The van der Waals surface area contributed by atoms with Crippen LogP contribution >= 0.6 is 0 Å². The van der Waals surface area contributed by atoms with Crippen molar-refractivity contribution in [3.63, 3.8) is 0 Å². The number of aliphatic hydroxyl groups is 1. The molecule has 0 aliphatic rings. The molecule has 20 heavy (non-hydrogen) atoms. The first-order valence-electron chi connectivity index (χ1n) is 5.98. The molecule has 2 aromatic carbocycles. The first-order valence-corrected chi connectivity index (χ1v) is 5.98. The van der Waals surface area contributed by atoms with Gasteiger partial charge in [-0.15, -0.1) is 0 Å². The molecule has 2 aromatic rings. The first kappa shape index (κ1) is 14.0. The minimum absolute atomic E-state index is 0.0155. The van der Waals surface area contributed by atoms with Gasteiger partial charge in [0.1, 0.15) is 0 Å². The van der Waals surface area contributed by atoms with Crippen molar-refractivity contribution in [2.24, 2.45) is 0 Å². The minimum Gasteiger partial charge on any atom is -0.494 e. The standard InChI is InChI=1S/C15H14FNO3/c1-20-14-8-11(5-6-13(14)16)15(19)17-12-4-2-3-10(7-12)9-18/h2-8,18H,9H2,1H3,(H,17,19). The zero-order chi connectivity index (χ0) is 14.5. The SMILES string of the molecule is COc1cc(C(=O)Nc2cccc(CO)c2)ccc1F. The monoisotopic (exact) mass is 275 g/mol. The smallest absolute Gasteiger partial charge is 0.255 e. The third-order valence-corrected chi connectivity index (χ3v) is 2.78. The number of aliphatic hydroxyl groups excluding tert-OH is 1. The lowest BCUT2D eigenvalue weighted by Gasteiger charge is -2.08. The van der Waals surface area contributed by atoms with Crippen molar-refractivity contribution < 1.29 is 19.0 Å². The van der Waals surface area contributed by atoms with E-state index in [0.717, 1.165) is 0 Å². The maximum atomic E-state index is 13.3. The normalized spacial score (nSPS) is 10.2. The zero-order valence-corrected chi connectivity index (χ0v) is 10.9. The molecule has 0 saturated heterocycles. The van der Waals surface area contributed by atoms with Crippen LogP contribution in [0.4, 0.5) is 10.1 Å². The highest BCUT2D eigenvalue weighted by molar-refractivity contribution is 6.04. The van der Waals surface area contributed by atoms with E-state index in [0.29, 0.717) is 11.3 Å². The Hall–Kier alpha value is -2.40. The number of nitrogens with one attached hydrogen (secondary N) is 1. The summed E-state index contributed by atoms with van der Waals surface area (Å²) in [4.78, 5) is 12.0. The molecule has 0 spiro atoms. The van der Waals surface area contributed by atoms with Gasteiger partial charge in [-0.3, -0.25) is 4.79 Å². The molecule has 0 aromatic heterocycles. The summed E-state index contributed by atoms with van der Waals surface area (Å²) in [5.41, 5.74) is 1.54. The Kier molecular flexibility index (Phi) is 4.32. The van der Waals surface area contributed by atoms with Gasteiger partial charge in [-0.2, -0.15) is 0 Å². The number of amides is 1. The van der Waals surface area contributed by atoms with Crippen molar-refractivity contribution in [1.82, 2.24) is 0 Å². The lowest BCUT2D eigenvalue weighted by atomic mass is 10.1. The van der Waals surface area contributed by atoms with E-state index in [1.807, 2.05) is 0 Å². The van der Waals surface area contributed by atoms with Crippen LogP contribution in [0.2, 0.25) is 0 Å². The van der Waals surface area contributed by atoms with E-state index >= 15 is 0 Å². The number of benzene rings is 2. The second kappa shape index (κ2) is 6.16. The molecule has 5 heteroatoms. The lowest BCUT2D eigenvalue weighted by molar-refractivity contribution is 0.102. The van der Waals surface area contributed by atoms with Gasteiger partial charge in [0.15, 0.2) is 11.6 Å². The summed E-state index contributed by atoms with van der Waals surface area (Å²) in [7, 11) is 1.34. The molecule has 0 bridgehead atoms. The maximum absolute atomic E-state index is 13.3. The molecule has 1 amide bonds. The molecule has 0 saturated carbocycles. The van der Waals surface area contributed by atoms with Gasteiger partial charge >= 0.3 is 0 Å². The van der Waals surface area contributed by atoms with Crippen molar-refractivity contribution in [3.05, 3.63) is 59.4 Å². The van der Waals surface area contributed by atoms with Crippen LogP contribution in [0, 0.1) is 5.82 Å². The highest BCUT2D eigenvalue weighted by atomic mass is 19.1. The summed E-state index contributed by atoms with van der Waals surface area (Å²) >= 11 is 0. The Balaban J connectivity index is 2.19. The van der Waals surface area contributed by atoms with Crippen molar-refractivity contribution in [1.29, 1.82) is 0 Å². The number of ether oxygens (including phenoxy) is 1. The molecule has 0 atom stereocenters. The van der Waals surface area contributed by atoms with Gasteiger partial charge in [0, 0.05) is 11.3 Å². The Bertz CT molecular complexity index is 628. The molecular weight excluding hydrogens is 261 g/mol. The van der Waals surface area contributed by atoms with Gasteiger partial charge in [0.25, 0.3) is 5.91 Å². The number of halogens is 1. The van der Waals surface area contributed by atoms with E-state index in [9.17, 15) is 9.18 Å². The average Bonchev–Trinajstić information content (AvgIpc) is 2.47. The molecule has 0 heterocycles. The van der Waals surface area contributed by atoms with E-state index in [-0.39, 0.29) is 23.8 Å². The minimum atomic E-state index is -0.522. The molecule has 0 fully saturated rings. The molecule has 0 aliphatic carbocycles. The third kappa shape index (κ3) is 3.13. The van der Waals surface area contributed by atoms with Crippen molar-refractivity contribution in [2.45, 2.75) is 6.61 Å². The van der Waals surface area contributed by atoms with Crippen LogP contribution in [0.25, 0.3) is 0 Å². The van der Waals surface area contributed by atoms with Crippen LogP contribution in [0.1, 0.15) is 15.9 Å². The number of carbonyl (C=O) groups excluding carboxylic acids is 1. The molecule has 2 N–H and O–H groups in total. The Morgan fingerprint density at radius 1 is 1.30 bits per heavy atom. The zero-order valence-electron chi connectivity index (χ0n) is 10.9. The Labute approximate surface area is 115 Å². The average molecular weight is 275 g/mol. The van der Waals surface area contributed by atoms with Crippen LogP contribution in [0.3, 0.4) is 0 Å². The topological polar surface area (TPSA) is 58.6 Å². The quantitative estimate of drug-likeness (QED) is 0.901. The highest BCUT2D eigenvalue weighted by Gasteiger charge is 2.10. The van der Waals surface area contributed by atoms with Crippen molar-refractivity contribution in [3.8, 4) is 5.75 Å².